The summed E-state index contributed by atoms with van der Waals surface area (Å²) >= 11 is 0. The highest BCUT2D eigenvalue weighted by molar-refractivity contribution is 7.46. The summed E-state index contributed by atoms with van der Waals surface area (Å²) in [5.74, 6) is 7.79. The van der Waals surface area contributed by atoms with Crippen LogP contribution in [0.5, 0.6) is 0 Å². The molecule has 11 heavy (non-hydrogen) atoms. The van der Waals surface area contributed by atoms with Gasteiger partial charge in [0.2, 0.25) is 0 Å². The van der Waals surface area contributed by atoms with Gasteiger partial charge in [0, 0.05) is 6.20 Å². The number of aliphatic imine (C=N–C) groups is 1. The van der Waals surface area contributed by atoms with E-state index in [0.29, 0.717) is 5.84 Å². The predicted octanol–water partition coefficient (Wildman–Crippen LogP) is -0.216. The van der Waals surface area contributed by atoms with Crippen LogP contribution in [-0.2, 0) is 0 Å². The molecular formula is C5H7N4OP. The van der Waals surface area contributed by atoms with Crippen molar-refractivity contribution in [2.45, 2.75) is 0 Å². The molecule has 0 atom stereocenters. The summed E-state index contributed by atoms with van der Waals surface area (Å²) in [6.45, 7) is 0.270. The molecule has 3 N–H and O–H groups in total. The van der Waals surface area contributed by atoms with Crippen molar-refractivity contribution >= 4 is 20.0 Å². The standard InChI is InChI=1S/C5H7N4OP/c6-8-1-4-5(7-2-11-4)9(10)3-8/h1-2,10H,3,6H2. The number of fused-ring (bicyclic) bond motifs is 1. The fourth-order valence-corrected chi connectivity index (χ4v) is 1.77. The lowest BCUT2D eigenvalue weighted by Crippen LogP contribution is -2.44. The Bertz CT molecular complexity index is 272. The van der Waals surface area contributed by atoms with Crippen molar-refractivity contribution in [3.63, 3.8) is 0 Å². The SMILES string of the molecule is NN1C=C2P=CN=C2N(O)C1. The normalized spacial score (nSPS) is 23.1. The first-order valence-electron chi connectivity index (χ1n) is 3.07. The van der Waals surface area contributed by atoms with E-state index in [1.807, 2.05) is 0 Å². The molecule has 0 aromatic rings. The monoisotopic (exact) mass is 170 g/mol. The molecule has 0 aromatic heterocycles. The fourth-order valence-electron chi connectivity index (χ4n) is 0.979. The second-order valence-electron chi connectivity index (χ2n) is 2.27. The number of amidine groups is 1. The van der Waals surface area contributed by atoms with Crippen LogP contribution in [0.4, 0.5) is 0 Å². The molecule has 0 unspecified atom stereocenters. The van der Waals surface area contributed by atoms with Gasteiger partial charge >= 0.3 is 0 Å². The Balaban J connectivity index is 2.37. The molecule has 2 aliphatic heterocycles. The minimum absolute atomic E-state index is 0.270. The van der Waals surface area contributed by atoms with Gasteiger partial charge in [0.15, 0.2) is 5.84 Å². The van der Waals surface area contributed by atoms with Crippen LogP contribution < -0.4 is 5.84 Å². The van der Waals surface area contributed by atoms with Crippen LogP contribution in [0.1, 0.15) is 0 Å². The summed E-state index contributed by atoms with van der Waals surface area (Å²) < 4.78 is 0. The first-order valence-corrected chi connectivity index (χ1v) is 4.04. The van der Waals surface area contributed by atoms with E-state index in [-0.39, 0.29) is 6.67 Å². The lowest BCUT2D eigenvalue weighted by atomic mass is 10.4. The molecule has 0 aliphatic carbocycles. The van der Waals surface area contributed by atoms with Gasteiger partial charge in [-0.2, -0.15) is 0 Å². The quantitative estimate of drug-likeness (QED) is 0.389. The zero-order chi connectivity index (χ0) is 7.84. The van der Waals surface area contributed by atoms with Gasteiger partial charge in [-0.15, -0.1) is 0 Å². The topological polar surface area (TPSA) is 65.1 Å². The molecule has 0 aromatic carbocycles. The van der Waals surface area contributed by atoms with E-state index in [1.165, 1.54) is 5.01 Å². The minimum Gasteiger partial charge on any atom is -0.295 e. The highest BCUT2D eigenvalue weighted by Gasteiger charge is 2.22. The van der Waals surface area contributed by atoms with Gasteiger partial charge in [0.05, 0.1) is 11.2 Å². The van der Waals surface area contributed by atoms with Crippen LogP contribution in [0, 0.1) is 0 Å². The molecule has 0 bridgehead atoms. The molecule has 0 fully saturated rings. The van der Waals surface area contributed by atoms with Gasteiger partial charge < -0.3 is 0 Å². The predicted molar refractivity (Wildman–Crippen MR) is 43.0 cm³/mol. The van der Waals surface area contributed by atoms with Crippen LogP contribution in [0.3, 0.4) is 0 Å². The Morgan fingerprint density at radius 1 is 1.73 bits per heavy atom. The maximum absolute atomic E-state index is 9.27. The van der Waals surface area contributed by atoms with E-state index in [9.17, 15) is 5.21 Å². The van der Waals surface area contributed by atoms with E-state index >= 15 is 0 Å². The Kier molecular flexibility index (Phi) is 1.42. The summed E-state index contributed by atoms with van der Waals surface area (Å²) in [4.78, 5) is 3.98. The van der Waals surface area contributed by atoms with Gasteiger partial charge in [-0.05, 0) is 8.20 Å². The molecular weight excluding hydrogens is 163 g/mol. The van der Waals surface area contributed by atoms with Gasteiger partial charge in [0.1, 0.15) is 6.67 Å². The van der Waals surface area contributed by atoms with E-state index in [0.717, 1.165) is 18.6 Å². The van der Waals surface area contributed by atoms with Gasteiger partial charge in [-0.1, -0.05) is 0 Å². The van der Waals surface area contributed by atoms with Gasteiger partial charge in [-0.3, -0.25) is 10.2 Å². The first kappa shape index (κ1) is 6.79. The van der Waals surface area contributed by atoms with Crippen LogP contribution in [0.25, 0.3) is 0 Å². The largest absolute Gasteiger partial charge is 0.295 e. The molecule has 58 valence electrons. The summed E-state index contributed by atoms with van der Waals surface area (Å²) in [7, 11) is 0.981. The summed E-state index contributed by atoms with van der Waals surface area (Å²) in [5.41, 5.74) is 0. The smallest absolute Gasteiger partial charge is 0.168 e. The summed E-state index contributed by atoms with van der Waals surface area (Å²) in [5, 5.41) is 12.6. The Hall–Kier alpha value is -0.900. The van der Waals surface area contributed by atoms with Crippen molar-refractivity contribution in [3.05, 3.63) is 11.5 Å². The number of hydroxylamine groups is 2. The second kappa shape index (κ2) is 2.30. The number of nitrogens with zero attached hydrogens (tertiary/aromatic N) is 3. The molecule has 2 aliphatic rings. The lowest BCUT2D eigenvalue weighted by Gasteiger charge is -2.27. The van der Waals surface area contributed by atoms with Gasteiger partial charge in [0.25, 0.3) is 0 Å². The zero-order valence-electron chi connectivity index (χ0n) is 5.68. The van der Waals surface area contributed by atoms with Crippen LogP contribution in [0.15, 0.2) is 16.5 Å². The Morgan fingerprint density at radius 2 is 2.55 bits per heavy atom. The zero-order valence-corrected chi connectivity index (χ0v) is 6.57. The molecule has 6 heteroatoms. The van der Waals surface area contributed by atoms with Crippen molar-refractivity contribution < 1.29 is 5.21 Å². The number of hydrogen-bond acceptors (Lipinski definition) is 5. The first-order chi connectivity index (χ1) is 5.27. The van der Waals surface area contributed by atoms with Crippen molar-refractivity contribution in [1.82, 2.24) is 10.1 Å². The Labute approximate surface area is 65.1 Å². The van der Waals surface area contributed by atoms with Crippen molar-refractivity contribution in [2.24, 2.45) is 10.8 Å². The summed E-state index contributed by atoms with van der Waals surface area (Å²) in [6.07, 6.45) is 1.77. The van der Waals surface area contributed by atoms with Crippen LogP contribution in [-0.4, -0.2) is 33.7 Å². The fraction of sp³-hybridized carbons (Fsp3) is 0.200. The molecule has 2 rings (SSSR count). The average molecular weight is 170 g/mol. The Morgan fingerprint density at radius 3 is 3.36 bits per heavy atom. The minimum atomic E-state index is 0.270. The number of hydrogen-bond donors (Lipinski definition) is 2. The van der Waals surface area contributed by atoms with E-state index in [1.54, 1.807) is 12.1 Å². The maximum atomic E-state index is 9.27. The third-order valence-corrected chi connectivity index (χ3v) is 2.26. The molecule has 0 radical (unpaired) electrons. The molecule has 0 amide bonds. The van der Waals surface area contributed by atoms with E-state index in [4.69, 9.17) is 5.84 Å². The third kappa shape index (κ3) is 1.03. The molecule has 2 heterocycles. The van der Waals surface area contributed by atoms with E-state index in [2.05, 4.69) is 4.99 Å². The van der Waals surface area contributed by atoms with Crippen LogP contribution in [0.2, 0.25) is 0 Å². The molecule has 0 saturated carbocycles. The summed E-state index contributed by atoms with van der Waals surface area (Å²) in [6, 6.07) is 0. The van der Waals surface area contributed by atoms with Crippen molar-refractivity contribution in [2.75, 3.05) is 6.67 Å². The molecule has 5 nitrogen and oxygen atoms in total. The number of hydrazine groups is 1. The van der Waals surface area contributed by atoms with Crippen molar-refractivity contribution in [3.8, 4) is 0 Å². The van der Waals surface area contributed by atoms with Crippen molar-refractivity contribution in [1.29, 1.82) is 0 Å². The second-order valence-corrected chi connectivity index (χ2v) is 3.24. The number of nitrogens with two attached hydrogens (primary N) is 1. The highest BCUT2D eigenvalue weighted by atomic mass is 31.1. The third-order valence-electron chi connectivity index (χ3n) is 1.44. The maximum Gasteiger partial charge on any atom is 0.168 e. The lowest BCUT2D eigenvalue weighted by molar-refractivity contribution is -0.0501. The molecule has 0 spiro atoms. The van der Waals surface area contributed by atoms with Gasteiger partial charge in [-0.25, -0.2) is 15.9 Å². The van der Waals surface area contributed by atoms with E-state index < -0.39 is 0 Å². The number of rotatable bonds is 0. The average Bonchev–Trinajstić information content (AvgIpc) is 2.34. The highest BCUT2D eigenvalue weighted by Crippen LogP contribution is 2.24. The molecule has 0 saturated heterocycles. The van der Waals surface area contributed by atoms with Crippen LogP contribution >= 0.6 is 8.20 Å².